The van der Waals surface area contributed by atoms with Gasteiger partial charge in [-0.25, -0.2) is 4.98 Å². The summed E-state index contributed by atoms with van der Waals surface area (Å²) in [6.45, 7) is 4.89. The fraction of sp³-hybridized carbons (Fsp3) is 0.393. The summed E-state index contributed by atoms with van der Waals surface area (Å²) in [5.41, 5.74) is 16.9. The molecule has 1 aromatic carbocycles. The summed E-state index contributed by atoms with van der Waals surface area (Å²) in [7, 11) is 0. The van der Waals surface area contributed by atoms with Gasteiger partial charge in [0, 0.05) is 48.8 Å². The Bertz CT molecular complexity index is 1380. The van der Waals surface area contributed by atoms with E-state index in [-0.39, 0.29) is 29.6 Å². The van der Waals surface area contributed by atoms with Gasteiger partial charge in [-0.1, -0.05) is 43.3 Å². The van der Waals surface area contributed by atoms with Crippen LogP contribution in [-0.2, 0) is 4.79 Å². The van der Waals surface area contributed by atoms with Crippen LogP contribution in [0.25, 0.3) is 11.2 Å². The highest BCUT2D eigenvalue weighted by Gasteiger charge is 2.31. The number of benzene rings is 1. The summed E-state index contributed by atoms with van der Waals surface area (Å²) in [5, 5.41) is 4.47. The Morgan fingerprint density at radius 1 is 1.16 bits per heavy atom. The van der Waals surface area contributed by atoms with Gasteiger partial charge in [-0.2, -0.15) is 9.61 Å². The molecule has 9 nitrogen and oxygen atoms in total. The first-order valence-corrected chi connectivity index (χ1v) is 12.8. The van der Waals surface area contributed by atoms with E-state index in [0.717, 1.165) is 17.6 Å². The van der Waals surface area contributed by atoms with Crippen molar-refractivity contribution in [2.24, 2.45) is 16.6 Å². The molecule has 2 aliphatic heterocycles. The SMILES string of the molecule is CC(=O)c1c(C2CCN(C(=O)C(C)CN)CC2)nc2c(C3=CCC(c4ccccc4)N=C3)cnn2c1N. The Morgan fingerprint density at radius 3 is 2.51 bits per heavy atom. The monoisotopic (exact) mass is 499 g/mol. The Kier molecular flexibility index (Phi) is 6.88. The summed E-state index contributed by atoms with van der Waals surface area (Å²) in [5.74, 6) is 0.0484. The third-order valence-electron chi connectivity index (χ3n) is 7.48. The summed E-state index contributed by atoms with van der Waals surface area (Å²) in [6.07, 6.45) is 7.95. The number of nitrogens with two attached hydrogens (primary N) is 2. The molecular weight excluding hydrogens is 466 g/mol. The molecule has 192 valence electrons. The van der Waals surface area contributed by atoms with Gasteiger partial charge in [0.05, 0.1) is 23.5 Å². The van der Waals surface area contributed by atoms with Crippen molar-refractivity contribution in [1.29, 1.82) is 0 Å². The van der Waals surface area contributed by atoms with Crippen LogP contribution in [0.2, 0.25) is 0 Å². The molecular formula is C28H33N7O2. The average molecular weight is 500 g/mol. The minimum atomic E-state index is -0.198. The number of hydrogen-bond acceptors (Lipinski definition) is 7. The topological polar surface area (TPSA) is 132 Å². The number of hydrogen-bond donors (Lipinski definition) is 2. The molecule has 0 radical (unpaired) electrons. The predicted molar refractivity (Wildman–Crippen MR) is 144 cm³/mol. The van der Waals surface area contributed by atoms with Gasteiger partial charge in [-0.3, -0.25) is 14.6 Å². The number of likely N-dealkylation sites (tertiary alicyclic amines) is 1. The maximum atomic E-state index is 12.7. The van der Waals surface area contributed by atoms with E-state index >= 15 is 0 Å². The Balaban J connectivity index is 1.45. The number of piperidine rings is 1. The zero-order valence-electron chi connectivity index (χ0n) is 21.3. The molecule has 1 saturated heterocycles. The number of amides is 1. The number of carbonyl (C=O) groups is 2. The normalized spacial score (nSPS) is 19.2. The molecule has 5 rings (SSSR count). The fourth-order valence-electron chi connectivity index (χ4n) is 5.28. The smallest absolute Gasteiger partial charge is 0.226 e. The maximum absolute atomic E-state index is 12.7. The quantitative estimate of drug-likeness (QED) is 0.500. The largest absolute Gasteiger partial charge is 0.383 e. The Labute approximate surface area is 216 Å². The number of ketones is 1. The van der Waals surface area contributed by atoms with E-state index < -0.39 is 0 Å². The van der Waals surface area contributed by atoms with Gasteiger partial charge in [0.2, 0.25) is 5.91 Å². The molecule has 0 saturated carbocycles. The number of fused-ring (bicyclic) bond motifs is 1. The number of carbonyl (C=O) groups excluding carboxylic acids is 2. The van der Waals surface area contributed by atoms with Gasteiger partial charge < -0.3 is 16.4 Å². The third kappa shape index (κ3) is 4.67. The lowest BCUT2D eigenvalue weighted by atomic mass is 9.89. The molecule has 9 heteroatoms. The summed E-state index contributed by atoms with van der Waals surface area (Å²) in [6, 6.07) is 10.3. The number of anilines is 1. The Hall–Kier alpha value is -3.85. The van der Waals surface area contributed by atoms with Crippen molar-refractivity contribution in [2.75, 3.05) is 25.4 Å². The molecule has 2 unspecified atom stereocenters. The zero-order chi connectivity index (χ0) is 26.1. The summed E-state index contributed by atoms with van der Waals surface area (Å²) in [4.78, 5) is 36.9. The van der Waals surface area contributed by atoms with Crippen molar-refractivity contribution in [3.8, 4) is 0 Å². The molecule has 1 fully saturated rings. The van der Waals surface area contributed by atoms with Gasteiger partial charge in [-0.05, 0) is 31.7 Å². The van der Waals surface area contributed by atoms with Crippen molar-refractivity contribution in [1.82, 2.24) is 19.5 Å². The van der Waals surface area contributed by atoms with E-state index in [1.165, 1.54) is 12.5 Å². The zero-order valence-corrected chi connectivity index (χ0v) is 21.3. The van der Waals surface area contributed by atoms with Crippen LogP contribution in [0, 0.1) is 5.92 Å². The van der Waals surface area contributed by atoms with Crippen LogP contribution >= 0.6 is 0 Å². The van der Waals surface area contributed by atoms with Crippen molar-refractivity contribution in [2.45, 2.75) is 45.1 Å². The second kappa shape index (κ2) is 10.3. The van der Waals surface area contributed by atoms with Crippen LogP contribution < -0.4 is 11.5 Å². The third-order valence-corrected chi connectivity index (χ3v) is 7.48. The van der Waals surface area contributed by atoms with E-state index in [9.17, 15) is 9.59 Å². The lowest BCUT2D eigenvalue weighted by Gasteiger charge is -2.34. The highest BCUT2D eigenvalue weighted by Crippen LogP contribution is 2.35. The molecule has 2 aromatic heterocycles. The molecule has 0 aliphatic carbocycles. The molecule has 4 N–H and O–H groups in total. The van der Waals surface area contributed by atoms with Gasteiger partial charge in [0.15, 0.2) is 11.4 Å². The molecule has 0 bridgehead atoms. The number of allylic oxidation sites excluding steroid dienone is 1. The van der Waals surface area contributed by atoms with Crippen LogP contribution in [0.4, 0.5) is 5.82 Å². The Morgan fingerprint density at radius 2 is 1.89 bits per heavy atom. The molecule has 3 aromatic rings. The first-order chi connectivity index (χ1) is 17.9. The maximum Gasteiger partial charge on any atom is 0.226 e. The van der Waals surface area contributed by atoms with Gasteiger partial charge in [-0.15, -0.1) is 0 Å². The van der Waals surface area contributed by atoms with Gasteiger partial charge >= 0.3 is 0 Å². The highest BCUT2D eigenvalue weighted by atomic mass is 16.2. The van der Waals surface area contributed by atoms with Crippen LogP contribution in [0.3, 0.4) is 0 Å². The summed E-state index contributed by atoms with van der Waals surface area (Å²) >= 11 is 0. The molecule has 2 aliphatic rings. The van der Waals surface area contributed by atoms with Crippen LogP contribution in [0.1, 0.15) is 72.2 Å². The molecule has 1 amide bonds. The second-order valence-corrected chi connectivity index (χ2v) is 9.94. The van der Waals surface area contributed by atoms with Crippen LogP contribution in [-0.4, -0.2) is 57.0 Å². The van der Waals surface area contributed by atoms with Crippen molar-refractivity contribution < 1.29 is 9.59 Å². The van der Waals surface area contributed by atoms with Crippen molar-refractivity contribution in [3.05, 3.63) is 65.0 Å². The molecule has 4 heterocycles. The number of nitrogens with zero attached hydrogens (tertiary/aromatic N) is 5. The van der Waals surface area contributed by atoms with Crippen molar-refractivity contribution >= 4 is 34.9 Å². The fourth-order valence-corrected chi connectivity index (χ4v) is 5.28. The number of Topliss-reactive ketones (excluding diaryl/α,β-unsaturated/α-hetero) is 1. The number of dihydropyridines is 1. The number of aromatic nitrogens is 3. The van der Waals surface area contributed by atoms with E-state index in [1.54, 1.807) is 10.7 Å². The minimum Gasteiger partial charge on any atom is -0.383 e. The second-order valence-electron chi connectivity index (χ2n) is 9.94. The molecule has 0 spiro atoms. The van der Waals surface area contributed by atoms with Crippen LogP contribution in [0.5, 0.6) is 0 Å². The van der Waals surface area contributed by atoms with Crippen LogP contribution in [0.15, 0.2) is 47.6 Å². The minimum absolute atomic E-state index is 0.0163. The molecule has 37 heavy (non-hydrogen) atoms. The van der Waals surface area contributed by atoms with Gasteiger partial charge in [0.25, 0.3) is 0 Å². The van der Waals surface area contributed by atoms with Gasteiger partial charge in [0.1, 0.15) is 5.82 Å². The van der Waals surface area contributed by atoms with E-state index in [2.05, 4.69) is 23.3 Å². The van der Waals surface area contributed by atoms with E-state index in [4.69, 9.17) is 21.4 Å². The van der Waals surface area contributed by atoms with Crippen molar-refractivity contribution in [3.63, 3.8) is 0 Å². The number of rotatable bonds is 6. The van der Waals surface area contributed by atoms with E-state index in [1.807, 2.05) is 36.2 Å². The first kappa shape index (κ1) is 24.8. The molecule has 2 atom stereocenters. The average Bonchev–Trinajstić information content (AvgIpc) is 3.37. The lowest BCUT2D eigenvalue weighted by molar-refractivity contribution is -0.135. The first-order valence-electron chi connectivity index (χ1n) is 12.8. The lowest BCUT2D eigenvalue weighted by Crippen LogP contribution is -2.42. The standard InChI is InChI=1S/C28H33N7O2/c1-17(14-29)28(37)34-12-10-20(11-13-34)25-24(18(2)36)26(30)35-27(33-25)22(16-32-35)21-8-9-23(31-15-21)19-6-4-3-5-7-19/h3-8,15-17,20,23H,9-14,29-30H2,1-2H3. The predicted octanol–water partition coefficient (Wildman–Crippen LogP) is 3.41. The van der Waals surface area contributed by atoms with E-state index in [0.29, 0.717) is 55.2 Å². The number of nitrogen functional groups attached to an aromatic ring is 1. The highest BCUT2D eigenvalue weighted by molar-refractivity contribution is 6.13. The number of aliphatic imine (C=N–C) groups is 1. The summed E-state index contributed by atoms with van der Waals surface area (Å²) < 4.78 is 1.55.